The van der Waals surface area contributed by atoms with Crippen molar-refractivity contribution in [2.45, 2.75) is 39.7 Å². The Kier molecular flexibility index (Phi) is 7.85. The van der Waals surface area contributed by atoms with E-state index in [1.807, 2.05) is 45.0 Å². The van der Waals surface area contributed by atoms with Crippen LogP contribution < -0.4 is 10.2 Å². The van der Waals surface area contributed by atoms with Crippen molar-refractivity contribution in [3.8, 4) is 0 Å². The monoisotopic (exact) mass is 505 g/mol. The lowest BCUT2D eigenvalue weighted by molar-refractivity contribution is -0.123. The summed E-state index contributed by atoms with van der Waals surface area (Å²) < 4.78 is 14.9. The highest BCUT2D eigenvalue weighted by Crippen LogP contribution is 2.33. The number of hydrogen-bond donors (Lipinski definition) is 1. The van der Waals surface area contributed by atoms with Gasteiger partial charge >= 0.3 is 0 Å². The molecule has 4 rings (SSSR count). The van der Waals surface area contributed by atoms with Crippen LogP contribution in [0.4, 0.5) is 15.8 Å². The second-order valence-corrected chi connectivity index (χ2v) is 9.41. The van der Waals surface area contributed by atoms with Crippen molar-refractivity contribution in [1.82, 2.24) is 0 Å². The van der Waals surface area contributed by atoms with Gasteiger partial charge in [0, 0.05) is 21.8 Å². The largest absolute Gasteiger partial charge is 0.325 e. The Morgan fingerprint density at radius 3 is 2.58 bits per heavy atom. The number of aliphatic imine (C=N–C) groups is 1. The van der Waals surface area contributed by atoms with Crippen molar-refractivity contribution in [2.75, 3.05) is 16.8 Å². The Bertz CT molecular complexity index is 1320. The van der Waals surface area contributed by atoms with E-state index in [1.165, 1.54) is 11.0 Å². The molecule has 36 heavy (non-hydrogen) atoms. The normalized spacial score (nSPS) is 16.1. The molecule has 0 unspecified atom stereocenters. The predicted octanol–water partition coefficient (Wildman–Crippen LogP) is 6.28. The van der Waals surface area contributed by atoms with Crippen molar-refractivity contribution in [1.29, 1.82) is 0 Å². The van der Waals surface area contributed by atoms with Crippen molar-refractivity contribution >= 4 is 40.5 Å². The molecule has 1 heterocycles. The zero-order valence-electron chi connectivity index (χ0n) is 20.6. The number of aryl methyl sites for hydroxylation is 1. The number of carbonyl (C=O) groups is 2. The van der Waals surface area contributed by atoms with Crippen LogP contribution in [0.25, 0.3) is 0 Å². The maximum atomic E-state index is 14.9. The summed E-state index contributed by atoms with van der Waals surface area (Å²) in [6, 6.07) is 18.2. The average molecular weight is 506 g/mol. The molecule has 0 saturated heterocycles. The van der Waals surface area contributed by atoms with Gasteiger partial charge in [0.25, 0.3) is 5.91 Å². The van der Waals surface area contributed by atoms with Gasteiger partial charge in [-0.3, -0.25) is 14.6 Å². The Hall–Kier alpha value is -3.51. The molecule has 0 aromatic heterocycles. The summed E-state index contributed by atoms with van der Waals surface area (Å²) in [5, 5.41) is 3.32. The smallest absolute Gasteiger partial charge is 0.252 e. The predicted molar refractivity (Wildman–Crippen MR) is 144 cm³/mol. The molecule has 0 fully saturated rings. The van der Waals surface area contributed by atoms with Gasteiger partial charge < -0.3 is 10.2 Å². The summed E-state index contributed by atoms with van der Waals surface area (Å²) in [6.45, 7) is 5.74. The van der Waals surface area contributed by atoms with E-state index in [0.29, 0.717) is 34.1 Å². The maximum absolute atomic E-state index is 14.9. The van der Waals surface area contributed by atoms with Crippen molar-refractivity contribution < 1.29 is 14.0 Å². The fourth-order valence-corrected chi connectivity index (χ4v) is 4.49. The number of hydrogen-bond acceptors (Lipinski definition) is 3. The van der Waals surface area contributed by atoms with E-state index < -0.39 is 11.9 Å². The molecular formula is C29H29ClFN3O2. The number of nitrogens with zero attached hydrogens (tertiary/aromatic N) is 2. The molecule has 2 amide bonds. The number of fused-ring (bicyclic) bond motifs is 1. The van der Waals surface area contributed by atoms with Crippen LogP contribution in [0, 0.1) is 11.7 Å². The summed E-state index contributed by atoms with van der Waals surface area (Å²) >= 11 is 6.34. The van der Waals surface area contributed by atoms with Crippen LogP contribution >= 0.6 is 11.6 Å². The number of benzene rings is 3. The molecule has 2 atom stereocenters. The number of carbonyl (C=O) groups excluding carboxylic acids is 2. The standard InChI is InChI=1S/C29H29ClFN3O2/c1-4-18(3)27-29(36)34(17-26(35)32-21-10-8-9-19(5-2)15-21)25-14-13-20(30)16-23(25)28(33-27)22-11-6-7-12-24(22)31/h6-16,18,27H,4-5,17H2,1-3H3,(H,32,35)/t18-,27-/m1/s1. The number of rotatable bonds is 7. The highest BCUT2D eigenvalue weighted by atomic mass is 35.5. The Morgan fingerprint density at radius 1 is 1.08 bits per heavy atom. The van der Waals surface area contributed by atoms with Gasteiger partial charge in [-0.1, -0.05) is 63.1 Å². The number of amides is 2. The molecule has 1 aliphatic heterocycles. The first-order valence-corrected chi connectivity index (χ1v) is 12.5. The third-order valence-corrected chi connectivity index (χ3v) is 6.76. The molecule has 7 heteroatoms. The fraction of sp³-hybridized carbons (Fsp3) is 0.276. The minimum atomic E-state index is -0.785. The molecule has 1 aliphatic rings. The molecule has 1 N–H and O–H groups in total. The lowest BCUT2D eigenvalue weighted by Crippen LogP contribution is -2.44. The van der Waals surface area contributed by atoms with Gasteiger partial charge in [-0.15, -0.1) is 0 Å². The van der Waals surface area contributed by atoms with E-state index in [2.05, 4.69) is 5.32 Å². The van der Waals surface area contributed by atoms with Gasteiger partial charge in [-0.05, 0) is 60.4 Å². The van der Waals surface area contributed by atoms with Crippen LogP contribution in [0.1, 0.15) is 43.9 Å². The Balaban J connectivity index is 1.79. The molecule has 0 saturated carbocycles. The zero-order chi connectivity index (χ0) is 25.8. The first-order chi connectivity index (χ1) is 17.3. The van der Waals surface area contributed by atoms with E-state index in [-0.39, 0.29) is 29.8 Å². The van der Waals surface area contributed by atoms with Gasteiger partial charge in [0.1, 0.15) is 18.4 Å². The van der Waals surface area contributed by atoms with E-state index in [1.54, 1.807) is 36.4 Å². The minimum Gasteiger partial charge on any atom is -0.325 e. The Morgan fingerprint density at radius 2 is 1.86 bits per heavy atom. The molecule has 5 nitrogen and oxygen atoms in total. The molecule has 0 bridgehead atoms. The summed E-state index contributed by atoms with van der Waals surface area (Å²) in [5.74, 6) is -1.22. The van der Waals surface area contributed by atoms with Crippen LogP contribution in [-0.2, 0) is 16.0 Å². The molecule has 3 aromatic rings. The van der Waals surface area contributed by atoms with Crippen LogP contribution in [0.15, 0.2) is 71.7 Å². The summed E-state index contributed by atoms with van der Waals surface area (Å²) in [4.78, 5) is 33.2. The Labute approximate surface area is 216 Å². The molecular weight excluding hydrogens is 477 g/mol. The summed E-state index contributed by atoms with van der Waals surface area (Å²) in [5.41, 5.74) is 3.37. The van der Waals surface area contributed by atoms with Gasteiger partial charge in [-0.2, -0.15) is 0 Å². The van der Waals surface area contributed by atoms with Crippen LogP contribution in [0.5, 0.6) is 0 Å². The highest BCUT2D eigenvalue weighted by Gasteiger charge is 2.36. The summed E-state index contributed by atoms with van der Waals surface area (Å²) in [6.07, 6.45) is 1.53. The maximum Gasteiger partial charge on any atom is 0.252 e. The molecule has 0 aliphatic carbocycles. The van der Waals surface area contributed by atoms with Crippen LogP contribution in [0.2, 0.25) is 5.02 Å². The number of benzodiazepines with no additional fused rings is 1. The van der Waals surface area contributed by atoms with E-state index in [9.17, 15) is 14.0 Å². The number of nitrogens with one attached hydrogen (secondary N) is 1. The van der Waals surface area contributed by atoms with Crippen molar-refractivity contribution in [3.63, 3.8) is 0 Å². The number of halogens is 2. The third kappa shape index (κ3) is 5.34. The van der Waals surface area contributed by atoms with E-state index in [4.69, 9.17) is 16.6 Å². The summed E-state index contributed by atoms with van der Waals surface area (Å²) in [7, 11) is 0. The quantitative estimate of drug-likeness (QED) is 0.411. The molecule has 3 aromatic carbocycles. The van der Waals surface area contributed by atoms with Gasteiger partial charge in [0.05, 0.1) is 11.4 Å². The topological polar surface area (TPSA) is 61.8 Å². The minimum absolute atomic E-state index is 0.129. The average Bonchev–Trinajstić information content (AvgIpc) is 2.98. The second kappa shape index (κ2) is 11.0. The second-order valence-electron chi connectivity index (χ2n) is 8.98. The molecule has 0 radical (unpaired) electrons. The molecule has 0 spiro atoms. The lowest BCUT2D eigenvalue weighted by Gasteiger charge is -2.26. The van der Waals surface area contributed by atoms with Gasteiger partial charge in [0.15, 0.2) is 0 Å². The third-order valence-electron chi connectivity index (χ3n) is 6.52. The van der Waals surface area contributed by atoms with Crippen molar-refractivity contribution in [2.24, 2.45) is 10.9 Å². The van der Waals surface area contributed by atoms with Crippen LogP contribution in [-0.4, -0.2) is 30.1 Å². The first-order valence-electron chi connectivity index (χ1n) is 12.1. The van der Waals surface area contributed by atoms with Crippen molar-refractivity contribution in [3.05, 3.63) is 94.3 Å². The van der Waals surface area contributed by atoms with E-state index >= 15 is 0 Å². The first kappa shape index (κ1) is 25.6. The number of anilines is 2. The lowest BCUT2D eigenvalue weighted by atomic mass is 9.97. The van der Waals surface area contributed by atoms with Gasteiger partial charge in [0.2, 0.25) is 5.91 Å². The highest BCUT2D eigenvalue weighted by molar-refractivity contribution is 6.32. The van der Waals surface area contributed by atoms with Gasteiger partial charge in [-0.25, -0.2) is 4.39 Å². The SMILES string of the molecule is CCc1cccc(NC(=O)CN2C(=O)[C@@H]([C@H](C)CC)N=C(c3ccccc3F)c3cc(Cl)ccc32)c1. The van der Waals surface area contributed by atoms with Crippen LogP contribution in [0.3, 0.4) is 0 Å². The van der Waals surface area contributed by atoms with E-state index in [0.717, 1.165) is 12.0 Å². The molecule has 186 valence electrons. The zero-order valence-corrected chi connectivity index (χ0v) is 21.3. The fourth-order valence-electron chi connectivity index (χ4n) is 4.31.